The molecule has 6 nitrogen and oxygen atoms in total. The maximum absolute atomic E-state index is 12.6. The standard InChI is InChI=1S/C15H15N5OS/c21-15(13-14-11(4-7-22-14)17-8-18-13)19-10-2-1-3-12(10)20-6-5-16-9-20/h4-10,12H,1-3H2,(H,19,21)/t10-,12+/m1/s1. The van der Waals surface area contributed by atoms with Crippen LogP contribution in [0.4, 0.5) is 0 Å². The van der Waals surface area contributed by atoms with Gasteiger partial charge in [0, 0.05) is 18.4 Å². The van der Waals surface area contributed by atoms with Gasteiger partial charge in [-0.1, -0.05) is 0 Å². The fraction of sp³-hybridized carbons (Fsp3) is 0.333. The average molecular weight is 313 g/mol. The fourth-order valence-corrected chi connectivity index (χ4v) is 3.95. The number of carbonyl (C=O) groups excluding carboxylic acids is 1. The third kappa shape index (κ3) is 2.27. The fourth-order valence-electron chi connectivity index (χ4n) is 3.12. The van der Waals surface area contributed by atoms with E-state index < -0.39 is 0 Å². The van der Waals surface area contributed by atoms with Gasteiger partial charge in [-0.3, -0.25) is 4.79 Å². The van der Waals surface area contributed by atoms with Crippen molar-refractivity contribution in [2.45, 2.75) is 31.3 Å². The summed E-state index contributed by atoms with van der Waals surface area (Å²) < 4.78 is 2.93. The lowest BCUT2D eigenvalue weighted by Crippen LogP contribution is -2.38. The molecule has 1 aliphatic rings. The molecule has 112 valence electrons. The Bertz CT molecular complexity index is 797. The molecule has 0 bridgehead atoms. The zero-order valence-electron chi connectivity index (χ0n) is 11.8. The molecule has 3 aromatic rings. The molecule has 1 N–H and O–H groups in total. The highest BCUT2D eigenvalue weighted by atomic mass is 32.1. The van der Waals surface area contributed by atoms with Crippen LogP contribution in [0, 0.1) is 0 Å². The second-order valence-electron chi connectivity index (χ2n) is 5.45. The van der Waals surface area contributed by atoms with E-state index in [1.165, 1.54) is 17.7 Å². The molecule has 0 unspecified atom stereocenters. The van der Waals surface area contributed by atoms with E-state index in [0.717, 1.165) is 29.5 Å². The summed E-state index contributed by atoms with van der Waals surface area (Å²) in [6.07, 6.45) is 10.1. The van der Waals surface area contributed by atoms with Crippen molar-refractivity contribution in [3.8, 4) is 0 Å². The second-order valence-corrected chi connectivity index (χ2v) is 6.36. The van der Waals surface area contributed by atoms with Gasteiger partial charge in [-0.25, -0.2) is 15.0 Å². The van der Waals surface area contributed by atoms with Gasteiger partial charge < -0.3 is 9.88 Å². The van der Waals surface area contributed by atoms with E-state index in [-0.39, 0.29) is 18.0 Å². The Kier molecular flexibility index (Phi) is 3.34. The van der Waals surface area contributed by atoms with Gasteiger partial charge in [0.05, 0.1) is 22.6 Å². The van der Waals surface area contributed by atoms with Crippen LogP contribution in [0.2, 0.25) is 0 Å². The van der Waals surface area contributed by atoms with Gasteiger partial charge in [-0.05, 0) is 30.7 Å². The van der Waals surface area contributed by atoms with Gasteiger partial charge in [-0.15, -0.1) is 11.3 Å². The van der Waals surface area contributed by atoms with E-state index in [1.54, 1.807) is 6.20 Å². The van der Waals surface area contributed by atoms with Crippen LogP contribution >= 0.6 is 11.3 Å². The van der Waals surface area contributed by atoms with Gasteiger partial charge in [0.25, 0.3) is 5.91 Å². The first kappa shape index (κ1) is 13.4. The number of amides is 1. The molecule has 1 saturated carbocycles. The largest absolute Gasteiger partial charge is 0.346 e. The lowest BCUT2D eigenvalue weighted by Gasteiger charge is -2.22. The summed E-state index contributed by atoms with van der Waals surface area (Å²) in [5.74, 6) is -0.119. The topological polar surface area (TPSA) is 72.7 Å². The van der Waals surface area contributed by atoms with Crippen LogP contribution in [0.3, 0.4) is 0 Å². The minimum absolute atomic E-state index is 0.117. The van der Waals surface area contributed by atoms with Gasteiger partial charge in [-0.2, -0.15) is 0 Å². The summed E-state index contributed by atoms with van der Waals surface area (Å²) in [4.78, 5) is 25.1. The number of fused-ring (bicyclic) bond motifs is 1. The SMILES string of the molecule is O=C(N[C@@H]1CCC[C@@H]1n1ccnc1)c1ncnc2ccsc12. The van der Waals surface area contributed by atoms with Crippen LogP contribution in [0.15, 0.2) is 36.5 Å². The molecule has 3 heterocycles. The molecule has 2 atom stereocenters. The van der Waals surface area contributed by atoms with Crippen LogP contribution in [0.25, 0.3) is 10.2 Å². The smallest absolute Gasteiger partial charge is 0.271 e. The number of thiophene rings is 1. The number of rotatable bonds is 3. The number of aromatic nitrogens is 4. The maximum atomic E-state index is 12.6. The Morgan fingerprint density at radius 1 is 1.36 bits per heavy atom. The van der Waals surface area contributed by atoms with Gasteiger partial charge in [0.15, 0.2) is 0 Å². The Balaban J connectivity index is 1.58. The normalized spacial score (nSPS) is 21.3. The molecule has 4 rings (SSSR count). The number of carbonyl (C=O) groups is 1. The van der Waals surface area contributed by atoms with Gasteiger partial charge in [0.1, 0.15) is 12.0 Å². The summed E-state index contributed by atoms with van der Waals surface area (Å²) in [6.45, 7) is 0. The molecule has 0 aromatic carbocycles. The highest BCUT2D eigenvalue weighted by Crippen LogP contribution is 2.30. The number of nitrogens with zero attached hydrogens (tertiary/aromatic N) is 4. The molecule has 0 spiro atoms. The number of hydrogen-bond donors (Lipinski definition) is 1. The van der Waals surface area contributed by atoms with Crippen LogP contribution in [-0.4, -0.2) is 31.5 Å². The predicted molar refractivity (Wildman–Crippen MR) is 83.8 cm³/mol. The third-order valence-corrected chi connectivity index (χ3v) is 5.07. The lowest BCUT2D eigenvalue weighted by molar-refractivity contribution is 0.0925. The predicted octanol–water partition coefficient (Wildman–Crippen LogP) is 2.41. The molecule has 1 amide bonds. The maximum Gasteiger partial charge on any atom is 0.271 e. The van der Waals surface area contributed by atoms with E-state index >= 15 is 0 Å². The summed E-state index contributed by atoms with van der Waals surface area (Å²) in [5, 5.41) is 5.07. The zero-order valence-corrected chi connectivity index (χ0v) is 12.7. The van der Waals surface area contributed by atoms with Crippen molar-refractivity contribution in [2.75, 3.05) is 0 Å². The van der Waals surface area contributed by atoms with Crippen molar-refractivity contribution in [2.24, 2.45) is 0 Å². The Morgan fingerprint density at radius 2 is 2.32 bits per heavy atom. The zero-order chi connectivity index (χ0) is 14.9. The van der Waals surface area contributed by atoms with Crippen LogP contribution in [-0.2, 0) is 0 Å². The molecular weight excluding hydrogens is 298 g/mol. The molecular formula is C15H15N5OS. The van der Waals surface area contributed by atoms with Crippen LogP contribution < -0.4 is 5.32 Å². The molecule has 0 radical (unpaired) electrons. The molecule has 22 heavy (non-hydrogen) atoms. The molecule has 1 aliphatic carbocycles. The Hall–Kier alpha value is -2.28. The quantitative estimate of drug-likeness (QED) is 0.806. The highest BCUT2D eigenvalue weighted by Gasteiger charge is 2.30. The first-order valence-corrected chi connectivity index (χ1v) is 8.17. The minimum atomic E-state index is -0.119. The van der Waals surface area contributed by atoms with E-state index in [9.17, 15) is 4.79 Å². The Morgan fingerprint density at radius 3 is 3.18 bits per heavy atom. The Labute approximate surface area is 131 Å². The van der Waals surface area contributed by atoms with Crippen molar-refractivity contribution < 1.29 is 4.79 Å². The molecule has 0 saturated heterocycles. The monoisotopic (exact) mass is 313 g/mol. The minimum Gasteiger partial charge on any atom is -0.346 e. The first-order chi connectivity index (χ1) is 10.8. The number of nitrogens with one attached hydrogen (secondary N) is 1. The van der Waals surface area contributed by atoms with Gasteiger partial charge >= 0.3 is 0 Å². The third-order valence-electron chi connectivity index (χ3n) is 4.16. The number of imidazole rings is 1. The second kappa shape index (κ2) is 5.49. The van der Waals surface area contributed by atoms with E-state index in [4.69, 9.17) is 0 Å². The highest BCUT2D eigenvalue weighted by molar-refractivity contribution is 7.17. The number of hydrogen-bond acceptors (Lipinski definition) is 5. The van der Waals surface area contributed by atoms with Crippen LogP contribution in [0.5, 0.6) is 0 Å². The van der Waals surface area contributed by atoms with E-state index in [1.807, 2.05) is 24.0 Å². The molecule has 7 heteroatoms. The average Bonchev–Trinajstić information content (AvgIpc) is 3.27. The summed E-state index contributed by atoms with van der Waals surface area (Å²) >= 11 is 1.50. The summed E-state index contributed by atoms with van der Waals surface area (Å²) in [6, 6.07) is 2.29. The van der Waals surface area contributed by atoms with Crippen molar-refractivity contribution >= 4 is 27.5 Å². The van der Waals surface area contributed by atoms with Crippen LogP contribution in [0.1, 0.15) is 35.8 Å². The molecule has 0 aliphatic heterocycles. The summed E-state index contributed by atoms with van der Waals surface area (Å²) in [5.41, 5.74) is 1.29. The van der Waals surface area contributed by atoms with Gasteiger partial charge in [0.2, 0.25) is 0 Å². The van der Waals surface area contributed by atoms with Crippen molar-refractivity contribution in [1.82, 2.24) is 24.8 Å². The summed E-state index contributed by atoms with van der Waals surface area (Å²) in [7, 11) is 0. The van der Waals surface area contributed by atoms with Crippen molar-refractivity contribution in [3.05, 3.63) is 42.2 Å². The molecule has 1 fully saturated rings. The van der Waals surface area contributed by atoms with Crippen molar-refractivity contribution in [3.63, 3.8) is 0 Å². The lowest BCUT2D eigenvalue weighted by atomic mass is 10.1. The van der Waals surface area contributed by atoms with Crippen molar-refractivity contribution in [1.29, 1.82) is 0 Å². The molecule has 3 aromatic heterocycles. The van der Waals surface area contributed by atoms with E-state index in [2.05, 4.69) is 24.8 Å². The van der Waals surface area contributed by atoms with E-state index in [0.29, 0.717) is 5.69 Å². The first-order valence-electron chi connectivity index (χ1n) is 7.29.